The van der Waals surface area contributed by atoms with Gasteiger partial charge in [-0.25, -0.2) is 0 Å². The van der Waals surface area contributed by atoms with E-state index in [9.17, 15) is 0 Å². The summed E-state index contributed by atoms with van der Waals surface area (Å²) >= 11 is 0. The van der Waals surface area contributed by atoms with Crippen molar-refractivity contribution in [3.63, 3.8) is 0 Å². The van der Waals surface area contributed by atoms with Gasteiger partial charge in [-0.05, 0) is 77.4 Å². The van der Waals surface area contributed by atoms with Crippen molar-refractivity contribution in [2.75, 3.05) is 26.4 Å². The van der Waals surface area contributed by atoms with Gasteiger partial charge in [0.05, 0.1) is 12.2 Å². The van der Waals surface area contributed by atoms with Crippen molar-refractivity contribution in [1.29, 1.82) is 0 Å². The monoisotopic (exact) mass is 794 g/mol. The zero-order valence-corrected chi connectivity index (χ0v) is 39.2. The lowest BCUT2D eigenvalue weighted by molar-refractivity contribution is -0.154. The van der Waals surface area contributed by atoms with E-state index in [-0.39, 0.29) is 33.6 Å². The molecule has 2 aromatic carbocycles. The highest BCUT2D eigenvalue weighted by atomic mass is 28.4. The molecule has 4 unspecified atom stereocenters. The van der Waals surface area contributed by atoms with Crippen LogP contribution in [0.15, 0.2) is 73.3 Å². The molecule has 1 saturated heterocycles. The number of hydrogen-bond donors (Lipinski definition) is 0. The van der Waals surface area contributed by atoms with Crippen LogP contribution in [0.25, 0.3) is 0 Å². The second kappa shape index (κ2) is 20.0. The lowest BCUT2D eigenvalue weighted by Gasteiger charge is -2.45. The van der Waals surface area contributed by atoms with E-state index in [4.69, 9.17) is 27.5 Å². The molecule has 54 heavy (non-hydrogen) atoms. The van der Waals surface area contributed by atoms with Crippen LogP contribution in [-0.2, 0) is 27.5 Å². The molecular formula is C45H74O6Si3. The number of rotatable bonds is 18. The molecule has 0 N–H and O–H groups in total. The number of hydrogen-bond acceptors (Lipinski definition) is 6. The first kappa shape index (κ1) is 46.5. The van der Waals surface area contributed by atoms with Gasteiger partial charge >= 0.3 is 0 Å². The van der Waals surface area contributed by atoms with Crippen molar-refractivity contribution >= 4 is 35.3 Å². The van der Waals surface area contributed by atoms with E-state index in [0.717, 1.165) is 32.3 Å². The van der Waals surface area contributed by atoms with E-state index in [0.29, 0.717) is 26.2 Å². The van der Waals surface area contributed by atoms with Crippen LogP contribution in [0.4, 0.5) is 0 Å². The zero-order chi connectivity index (χ0) is 40.3. The fourth-order valence-corrected chi connectivity index (χ4v) is 13.6. The first-order chi connectivity index (χ1) is 25.2. The Morgan fingerprint density at radius 3 is 1.80 bits per heavy atom. The summed E-state index contributed by atoms with van der Waals surface area (Å²) in [6, 6.07) is 21.6. The summed E-state index contributed by atoms with van der Waals surface area (Å²) in [6.45, 7) is 36.1. The molecule has 0 amide bonds. The molecule has 1 aliphatic heterocycles. The quantitative estimate of drug-likeness (QED) is 0.0649. The van der Waals surface area contributed by atoms with Gasteiger partial charge in [0.25, 0.3) is 8.32 Å². The fraction of sp³-hybridized carbons (Fsp3) is 0.644. The first-order valence-corrected chi connectivity index (χ1v) is 27.9. The average molecular weight is 795 g/mol. The van der Waals surface area contributed by atoms with Crippen LogP contribution < -0.4 is 10.4 Å². The molecular weight excluding hydrogens is 721 g/mol. The average Bonchev–Trinajstić information content (AvgIpc) is 3.09. The minimum absolute atomic E-state index is 0.00173. The second-order valence-electron chi connectivity index (χ2n) is 18.9. The van der Waals surface area contributed by atoms with Gasteiger partial charge in [0.15, 0.2) is 22.9 Å². The third kappa shape index (κ3) is 12.6. The van der Waals surface area contributed by atoms with Crippen molar-refractivity contribution in [2.24, 2.45) is 0 Å². The van der Waals surface area contributed by atoms with Crippen LogP contribution in [0.3, 0.4) is 0 Å². The standard InChI is InChI=1S/C45H74O6Si3/c1-15-39(50-52(11,12)43(2,3)4)42(40(51-53(13,14)44(5,6)7)31-22-24-33-46-41-32-23-25-34-47-41)48-35-26-36-49-54(45(8,9)10,37-27-18-16-19-28-37)38-29-20-17-21-30-38/h15-21,27-30,39-42H,1,23,25-26,31-36H2,2-14H3. The van der Waals surface area contributed by atoms with Gasteiger partial charge in [-0.3, -0.25) is 0 Å². The summed E-state index contributed by atoms with van der Waals surface area (Å²) in [7, 11) is -7.14. The summed E-state index contributed by atoms with van der Waals surface area (Å²) in [5.41, 5.74) is 0. The molecule has 1 heterocycles. The van der Waals surface area contributed by atoms with E-state index in [1.54, 1.807) is 0 Å². The molecule has 2 aromatic rings. The SMILES string of the molecule is C=CC(O[Si](C)(C)C(C)(C)C)C(OCCCO[Si](c1ccccc1)(c1ccccc1)C(C)(C)C)C(CC#CCOC1CCCCO1)O[Si](C)(C)C(C)(C)C. The highest BCUT2D eigenvalue weighted by Gasteiger charge is 2.50. The molecule has 1 fully saturated rings. The van der Waals surface area contributed by atoms with Gasteiger partial charge in [-0.1, -0.05) is 141 Å². The Bertz CT molecular complexity index is 1420. The molecule has 3 rings (SSSR count). The van der Waals surface area contributed by atoms with Crippen LogP contribution in [0.2, 0.25) is 41.3 Å². The summed E-state index contributed by atoms with van der Waals surface area (Å²) in [4.78, 5) is 0. The third-order valence-electron chi connectivity index (χ3n) is 11.7. The largest absolute Gasteiger partial charge is 0.410 e. The Balaban J connectivity index is 1.92. The van der Waals surface area contributed by atoms with E-state index in [2.05, 4.69) is 168 Å². The highest BCUT2D eigenvalue weighted by molar-refractivity contribution is 6.99. The minimum Gasteiger partial charge on any atom is -0.410 e. The Morgan fingerprint density at radius 2 is 1.31 bits per heavy atom. The minimum atomic E-state index is -2.67. The second-order valence-corrected chi connectivity index (χ2v) is 32.7. The molecule has 4 atom stereocenters. The Hall–Kier alpha value is -1.85. The lowest BCUT2D eigenvalue weighted by atomic mass is 10.1. The smallest absolute Gasteiger partial charge is 0.261 e. The Kier molecular flexibility index (Phi) is 17.3. The van der Waals surface area contributed by atoms with Gasteiger partial charge in [0, 0.05) is 26.2 Å². The Labute approximate surface area is 333 Å². The predicted molar refractivity (Wildman–Crippen MR) is 234 cm³/mol. The van der Waals surface area contributed by atoms with Crippen LogP contribution in [0, 0.1) is 11.8 Å². The normalized spacial score (nSPS) is 18.0. The van der Waals surface area contributed by atoms with Crippen LogP contribution in [-0.4, -0.2) is 76.0 Å². The summed E-state index contributed by atoms with van der Waals surface area (Å²) < 4.78 is 40.2. The first-order valence-electron chi connectivity index (χ1n) is 20.2. The molecule has 6 nitrogen and oxygen atoms in total. The third-order valence-corrected chi connectivity index (χ3v) is 25.7. The van der Waals surface area contributed by atoms with Crippen LogP contribution >= 0.6 is 0 Å². The van der Waals surface area contributed by atoms with E-state index in [1.165, 1.54) is 10.4 Å². The molecule has 0 aliphatic carbocycles. The zero-order valence-electron chi connectivity index (χ0n) is 36.2. The molecule has 0 aromatic heterocycles. The van der Waals surface area contributed by atoms with Crippen molar-refractivity contribution in [1.82, 2.24) is 0 Å². The van der Waals surface area contributed by atoms with Gasteiger partial charge in [-0.15, -0.1) is 6.58 Å². The molecule has 9 heteroatoms. The van der Waals surface area contributed by atoms with Crippen LogP contribution in [0.1, 0.15) is 94.4 Å². The van der Waals surface area contributed by atoms with E-state index in [1.807, 2.05) is 6.08 Å². The van der Waals surface area contributed by atoms with Gasteiger partial charge in [-0.2, -0.15) is 0 Å². The molecule has 0 spiro atoms. The number of ether oxygens (including phenoxy) is 3. The van der Waals surface area contributed by atoms with Crippen molar-refractivity contribution in [3.8, 4) is 11.8 Å². The fourth-order valence-electron chi connectivity index (χ4n) is 6.43. The van der Waals surface area contributed by atoms with Gasteiger partial charge in [0.1, 0.15) is 12.7 Å². The Morgan fingerprint density at radius 1 is 0.759 bits per heavy atom. The topological polar surface area (TPSA) is 55.4 Å². The molecule has 0 saturated carbocycles. The maximum atomic E-state index is 7.23. The van der Waals surface area contributed by atoms with E-state index >= 15 is 0 Å². The molecule has 302 valence electrons. The summed E-state index contributed by atoms with van der Waals surface area (Å²) in [5.74, 6) is 6.68. The van der Waals surface area contributed by atoms with Gasteiger partial charge < -0.3 is 27.5 Å². The maximum Gasteiger partial charge on any atom is 0.261 e. The predicted octanol–water partition coefficient (Wildman–Crippen LogP) is 10.2. The molecule has 1 aliphatic rings. The van der Waals surface area contributed by atoms with Crippen molar-refractivity contribution in [2.45, 2.75) is 160 Å². The number of benzene rings is 2. The van der Waals surface area contributed by atoms with Crippen LogP contribution in [0.5, 0.6) is 0 Å². The highest BCUT2D eigenvalue weighted by Crippen LogP contribution is 2.41. The maximum absolute atomic E-state index is 7.23. The summed E-state index contributed by atoms with van der Waals surface area (Å²) in [5, 5.41) is 2.46. The molecule has 0 bridgehead atoms. The van der Waals surface area contributed by atoms with Gasteiger partial charge in [0.2, 0.25) is 0 Å². The lowest BCUT2D eigenvalue weighted by Crippen LogP contribution is -2.66. The van der Waals surface area contributed by atoms with Crippen molar-refractivity contribution in [3.05, 3.63) is 73.3 Å². The van der Waals surface area contributed by atoms with E-state index < -0.39 is 31.1 Å². The molecule has 0 radical (unpaired) electrons. The summed E-state index contributed by atoms with van der Waals surface area (Å²) in [6.07, 6.45) is 5.00. The van der Waals surface area contributed by atoms with Crippen molar-refractivity contribution < 1.29 is 27.5 Å².